The lowest BCUT2D eigenvalue weighted by Gasteiger charge is -2.38. The standard InChI is InChI=1S/C16H20FN3O2/c1-2-15-19-14(20-22-15)11-18-16(6-8-21-9-7-16)12-4-3-5-13(17)10-12/h3-5,10,18H,2,6-9,11H2,1H3. The monoisotopic (exact) mass is 305 g/mol. The van der Waals surface area contributed by atoms with E-state index < -0.39 is 0 Å². The van der Waals surface area contributed by atoms with Crippen LogP contribution in [0.4, 0.5) is 4.39 Å². The Labute approximate surface area is 128 Å². The summed E-state index contributed by atoms with van der Waals surface area (Å²) < 4.78 is 24.2. The Morgan fingerprint density at radius 3 is 2.82 bits per heavy atom. The normalized spacial score (nSPS) is 17.5. The molecule has 2 aromatic rings. The number of ether oxygens (including phenoxy) is 1. The molecular weight excluding hydrogens is 285 g/mol. The summed E-state index contributed by atoms with van der Waals surface area (Å²) in [5.74, 6) is 1.03. The Bertz CT molecular complexity index is 623. The van der Waals surface area contributed by atoms with Crippen molar-refractivity contribution < 1.29 is 13.7 Å². The molecule has 2 heterocycles. The van der Waals surface area contributed by atoms with Gasteiger partial charge in [-0.25, -0.2) is 4.39 Å². The van der Waals surface area contributed by atoms with Gasteiger partial charge in [0.05, 0.1) is 6.54 Å². The molecule has 0 saturated carbocycles. The first-order valence-corrected chi connectivity index (χ1v) is 7.62. The summed E-state index contributed by atoms with van der Waals surface area (Å²) in [4.78, 5) is 4.31. The predicted molar refractivity (Wildman–Crippen MR) is 78.6 cm³/mol. The van der Waals surface area contributed by atoms with Gasteiger partial charge in [0.15, 0.2) is 5.82 Å². The molecular formula is C16H20FN3O2. The SMILES string of the molecule is CCc1nc(CNC2(c3cccc(F)c3)CCOCC2)no1. The lowest BCUT2D eigenvalue weighted by molar-refractivity contribution is 0.0353. The van der Waals surface area contributed by atoms with Gasteiger partial charge in [-0.15, -0.1) is 0 Å². The molecule has 1 N–H and O–H groups in total. The molecule has 1 aliphatic heterocycles. The van der Waals surface area contributed by atoms with Crippen LogP contribution in [-0.2, 0) is 23.2 Å². The molecule has 1 aliphatic rings. The molecule has 5 nitrogen and oxygen atoms in total. The molecule has 0 amide bonds. The summed E-state index contributed by atoms with van der Waals surface area (Å²) in [5, 5.41) is 7.46. The summed E-state index contributed by atoms with van der Waals surface area (Å²) in [7, 11) is 0. The van der Waals surface area contributed by atoms with E-state index >= 15 is 0 Å². The van der Waals surface area contributed by atoms with Crippen molar-refractivity contribution in [3.05, 3.63) is 47.4 Å². The molecule has 0 spiro atoms. The first-order valence-electron chi connectivity index (χ1n) is 7.62. The Morgan fingerprint density at radius 2 is 2.14 bits per heavy atom. The van der Waals surface area contributed by atoms with E-state index in [9.17, 15) is 4.39 Å². The van der Waals surface area contributed by atoms with Gasteiger partial charge in [-0.2, -0.15) is 4.98 Å². The fourth-order valence-corrected chi connectivity index (χ4v) is 2.83. The number of nitrogens with one attached hydrogen (secondary N) is 1. The molecule has 1 aromatic carbocycles. The van der Waals surface area contributed by atoms with Gasteiger partial charge < -0.3 is 9.26 Å². The van der Waals surface area contributed by atoms with Gasteiger partial charge in [0, 0.05) is 25.2 Å². The van der Waals surface area contributed by atoms with Crippen molar-refractivity contribution in [1.29, 1.82) is 0 Å². The van der Waals surface area contributed by atoms with Gasteiger partial charge in [0.2, 0.25) is 5.89 Å². The molecule has 1 saturated heterocycles. The molecule has 0 radical (unpaired) electrons. The van der Waals surface area contributed by atoms with Crippen LogP contribution in [0.15, 0.2) is 28.8 Å². The maximum atomic E-state index is 13.6. The van der Waals surface area contributed by atoms with E-state index in [1.807, 2.05) is 13.0 Å². The molecule has 0 bridgehead atoms. The molecule has 0 unspecified atom stereocenters. The third-order valence-corrected chi connectivity index (χ3v) is 4.12. The number of aryl methyl sites for hydroxylation is 1. The third kappa shape index (κ3) is 3.18. The summed E-state index contributed by atoms with van der Waals surface area (Å²) >= 11 is 0. The fraction of sp³-hybridized carbons (Fsp3) is 0.500. The average molecular weight is 305 g/mol. The maximum Gasteiger partial charge on any atom is 0.226 e. The number of nitrogens with zero attached hydrogens (tertiary/aromatic N) is 2. The smallest absolute Gasteiger partial charge is 0.226 e. The second-order valence-corrected chi connectivity index (χ2v) is 5.52. The van der Waals surface area contributed by atoms with E-state index in [1.165, 1.54) is 6.07 Å². The van der Waals surface area contributed by atoms with Crippen molar-refractivity contribution in [1.82, 2.24) is 15.5 Å². The third-order valence-electron chi connectivity index (χ3n) is 4.12. The zero-order valence-electron chi connectivity index (χ0n) is 12.6. The van der Waals surface area contributed by atoms with Crippen LogP contribution in [0, 0.1) is 5.82 Å². The zero-order valence-corrected chi connectivity index (χ0v) is 12.6. The highest BCUT2D eigenvalue weighted by atomic mass is 19.1. The highest BCUT2D eigenvalue weighted by Gasteiger charge is 2.34. The van der Waals surface area contributed by atoms with Crippen molar-refractivity contribution in [2.24, 2.45) is 0 Å². The summed E-state index contributed by atoms with van der Waals surface area (Å²) in [6.07, 6.45) is 2.29. The second kappa shape index (κ2) is 6.54. The minimum atomic E-state index is -0.312. The molecule has 1 fully saturated rings. The average Bonchev–Trinajstić information content (AvgIpc) is 3.02. The lowest BCUT2D eigenvalue weighted by Crippen LogP contribution is -2.46. The number of hydrogen-bond donors (Lipinski definition) is 1. The van der Waals surface area contributed by atoms with Crippen molar-refractivity contribution in [2.45, 2.75) is 38.3 Å². The molecule has 0 atom stereocenters. The fourth-order valence-electron chi connectivity index (χ4n) is 2.83. The van der Waals surface area contributed by atoms with Crippen LogP contribution in [0.5, 0.6) is 0 Å². The maximum absolute atomic E-state index is 13.6. The minimum absolute atomic E-state index is 0.224. The Kier molecular flexibility index (Phi) is 4.49. The van der Waals surface area contributed by atoms with Crippen molar-refractivity contribution in [2.75, 3.05) is 13.2 Å². The highest BCUT2D eigenvalue weighted by Crippen LogP contribution is 2.32. The summed E-state index contributed by atoms with van der Waals surface area (Å²) in [6, 6.07) is 6.75. The molecule has 0 aliphatic carbocycles. The first kappa shape index (κ1) is 15.1. The van der Waals surface area contributed by atoms with Crippen LogP contribution in [0.2, 0.25) is 0 Å². The predicted octanol–water partition coefficient (Wildman–Crippen LogP) is 2.57. The minimum Gasteiger partial charge on any atom is -0.381 e. The van der Waals surface area contributed by atoms with Crippen LogP contribution in [-0.4, -0.2) is 23.4 Å². The van der Waals surface area contributed by atoms with E-state index in [1.54, 1.807) is 12.1 Å². The van der Waals surface area contributed by atoms with E-state index in [-0.39, 0.29) is 11.4 Å². The van der Waals surface area contributed by atoms with E-state index in [0.29, 0.717) is 31.5 Å². The molecule has 118 valence electrons. The van der Waals surface area contributed by atoms with Gasteiger partial charge in [-0.3, -0.25) is 5.32 Å². The van der Waals surface area contributed by atoms with Crippen LogP contribution in [0.25, 0.3) is 0 Å². The van der Waals surface area contributed by atoms with Crippen LogP contribution in [0.1, 0.15) is 37.0 Å². The zero-order chi connectivity index (χ0) is 15.4. The number of aromatic nitrogens is 2. The van der Waals surface area contributed by atoms with E-state index in [4.69, 9.17) is 9.26 Å². The van der Waals surface area contributed by atoms with Crippen molar-refractivity contribution in [3.63, 3.8) is 0 Å². The molecule has 22 heavy (non-hydrogen) atoms. The number of benzene rings is 1. The highest BCUT2D eigenvalue weighted by molar-refractivity contribution is 5.26. The Balaban J connectivity index is 1.80. The molecule has 6 heteroatoms. The largest absolute Gasteiger partial charge is 0.381 e. The van der Waals surface area contributed by atoms with Gasteiger partial charge in [0.25, 0.3) is 0 Å². The molecule has 1 aromatic heterocycles. The van der Waals surface area contributed by atoms with Crippen molar-refractivity contribution in [3.8, 4) is 0 Å². The summed E-state index contributed by atoms with van der Waals surface area (Å²) in [6.45, 7) is 3.75. The van der Waals surface area contributed by atoms with Gasteiger partial charge in [-0.05, 0) is 30.5 Å². The Morgan fingerprint density at radius 1 is 1.32 bits per heavy atom. The lowest BCUT2D eigenvalue weighted by atomic mass is 9.82. The van der Waals surface area contributed by atoms with E-state index in [2.05, 4.69) is 15.5 Å². The number of rotatable bonds is 5. The topological polar surface area (TPSA) is 60.2 Å². The number of halogens is 1. The second-order valence-electron chi connectivity index (χ2n) is 5.52. The van der Waals surface area contributed by atoms with Crippen LogP contribution < -0.4 is 5.32 Å². The van der Waals surface area contributed by atoms with Gasteiger partial charge in [-0.1, -0.05) is 24.2 Å². The van der Waals surface area contributed by atoms with Gasteiger partial charge in [0.1, 0.15) is 5.82 Å². The van der Waals surface area contributed by atoms with Gasteiger partial charge >= 0.3 is 0 Å². The van der Waals surface area contributed by atoms with Crippen LogP contribution >= 0.6 is 0 Å². The van der Waals surface area contributed by atoms with E-state index in [0.717, 1.165) is 24.8 Å². The Hall–Kier alpha value is -1.79. The first-order chi connectivity index (χ1) is 10.7. The molecule has 3 rings (SSSR count). The van der Waals surface area contributed by atoms with Crippen LogP contribution in [0.3, 0.4) is 0 Å². The quantitative estimate of drug-likeness (QED) is 0.920. The summed E-state index contributed by atoms with van der Waals surface area (Å²) in [5.41, 5.74) is 0.628. The number of hydrogen-bond acceptors (Lipinski definition) is 5. The van der Waals surface area contributed by atoms with Crippen molar-refractivity contribution >= 4 is 0 Å².